The zero-order valence-corrected chi connectivity index (χ0v) is 8.50. The summed E-state index contributed by atoms with van der Waals surface area (Å²) in [6.07, 6.45) is 0. The molecule has 78 valence electrons. The summed E-state index contributed by atoms with van der Waals surface area (Å²) in [5.74, 6) is 0.419. The summed E-state index contributed by atoms with van der Waals surface area (Å²) in [6.45, 7) is 0.446. The molecule has 2 rings (SSSR count). The number of hydrogen-bond donors (Lipinski definition) is 0. The van der Waals surface area contributed by atoms with Crippen LogP contribution in [0.4, 0.5) is 0 Å². The highest BCUT2D eigenvalue weighted by molar-refractivity contribution is 5.21. The van der Waals surface area contributed by atoms with Gasteiger partial charge in [0.25, 0.3) is 0 Å². The monoisotopic (exact) mass is 211 g/mol. The average molecular weight is 211 g/mol. The van der Waals surface area contributed by atoms with Gasteiger partial charge in [-0.15, -0.1) is 10.2 Å². The SMILES string of the molecule is N#Cc1ccc(OCc2ccccc2)nn1. The van der Waals surface area contributed by atoms with Crippen LogP contribution in [0.3, 0.4) is 0 Å². The third kappa shape index (κ3) is 2.55. The number of aromatic nitrogens is 2. The Labute approximate surface area is 93.1 Å². The van der Waals surface area contributed by atoms with Crippen molar-refractivity contribution < 1.29 is 4.74 Å². The second kappa shape index (κ2) is 4.89. The zero-order valence-electron chi connectivity index (χ0n) is 8.50. The van der Waals surface area contributed by atoms with Gasteiger partial charge in [0.15, 0.2) is 5.69 Å². The molecule has 4 heteroatoms. The Bertz CT molecular complexity index is 488. The molecule has 16 heavy (non-hydrogen) atoms. The van der Waals surface area contributed by atoms with Gasteiger partial charge in [0.05, 0.1) is 0 Å². The van der Waals surface area contributed by atoms with E-state index >= 15 is 0 Å². The highest BCUT2D eigenvalue weighted by Crippen LogP contribution is 2.07. The second-order valence-electron chi connectivity index (χ2n) is 3.14. The van der Waals surface area contributed by atoms with Crippen LogP contribution in [-0.4, -0.2) is 10.2 Å². The summed E-state index contributed by atoms with van der Waals surface area (Å²) in [4.78, 5) is 0. The molecule has 0 fully saturated rings. The van der Waals surface area contributed by atoms with Crippen LogP contribution in [0.15, 0.2) is 42.5 Å². The van der Waals surface area contributed by atoms with E-state index in [0.29, 0.717) is 12.5 Å². The van der Waals surface area contributed by atoms with Gasteiger partial charge in [0, 0.05) is 6.07 Å². The highest BCUT2D eigenvalue weighted by Gasteiger charge is 1.98. The Morgan fingerprint density at radius 1 is 1.06 bits per heavy atom. The third-order valence-electron chi connectivity index (χ3n) is 1.98. The van der Waals surface area contributed by atoms with Crippen molar-refractivity contribution in [3.05, 3.63) is 53.7 Å². The fraction of sp³-hybridized carbons (Fsp3) is 0.0833. The maximum Gasteiger partial charge on any atom is 0.233 e. The molecule has 0 amide bonds. The predicted octanol–water partition coefficient (Wildman–Crippen LogP) is 1.93. The van der Waals surface area contributed by atoms with Gasteiger partial charge in [0.2, 0.25) is 5.88 Å². The molecule has 4 nitrogen and oxygen atoms in total. The minimum Gasteiger partial charge on any atom is -0.472 e. The Kier molecular flexibility index (Phi) is 3.10. The number of nitrogens with zero attached hydrogens (tertiary/aromatic N) is 3. The molecular formula is C12H9N3O. The number of rotatable bonds is 3. The zero-order chi connectivity index (χ0) is 11.2. The quantitative estimate of drug-likeness (QED) is 0.778. The molecule has 0 radical (unpaired) electrons. The Morgan fingerprint density at radius 2 is 1.88 bits per heavy atom. The highest BCUT2D eigenvalue weighted by atomic mass is 16.5. The summed E-state index contributed by atoms with van der Waals surface area (Å²) in [5.41, 5.74) is 1.35. The predicted molar refractivity (Wildman–Crippen MR) is 57.5 cm³/mol. The van der Waals surface area contributed by atoms with Crippen molar-refractivity contribution in [3.8, 4) is 11.9 Å². The maximum atomic E-state index is 8.54. The van der Waals surface area contributed by atoms with Crippen molar-refractivity contribution >= 4 is 0 Å². The smallest absolute Gasteiger partial charge is 0.233 e. The van der Waals surface area contributed by atoms with Crippen molar-refractivity contribution in [2.24, 2.45) is 0 Å². The van der Waals surface area contributed by atoms with E-state index in [1.54, 1.807) is 12.1 Å². The number of benzene rings is 1. The lowest BCUT2D eigenvalue weighted by Crippen LogP contribution is -1.98. The van der Waals surface area contributed by atoms with Gasteiger partial charge in [-0.3, -0.25) is 0 Å². The van der Waals surface area contributed by atoms with Crippen LogP contribution < -0.4 is 4.74 Å². The second-order valence-corrected chi connectivity index (χ2v) is 3.14. The topological polar surface area (TPSA) is 58.8 Å². The largest absolute Gasteiger partial charge is 0.472 e. The van der Waals surface area contributed by atoms with Crippen molar-refractivity contribution in [2.75, 3.05) is 0 Å². The lowest BCUT2D eigenvalue weighted by Gasteiger charge is -2.03. The molecule has 0 N–H and O–H groups in total. The number of hydrogen-bond acceptors (Lipinski definition) is 4. The van der Waals surface area contributed by atoms with Crippen LogP contribution >= 0.6 is 0 Å². The molecule has 0 spiro atoms. The minimum absolute atomic E-state index is 0.284. The first kappa shape index (κ1) is 10.1. The van der Waals surface area contributed by atoms with E-state index in [2.05, 4.69) is 10.2 Å². The van der Waals surface area contributed by atoms with E-state index in [0.717, 1.165) is 5.56 Å². The van der Waals surface area contributed by atoms with Gasteiger partial charge in [-0.1, -0.05) is 30.3 Å². The van der Waals surface area contributed by atoms with Crippen molar-refractivity contribution in [1.29, 1.82) is 5.26 Å². The van der Waals surface area contributed by atoms with Crippen molar-refractivity contribution in [3.63, 3.8) is 0 Å². The number of nitriles is 1. The van der Waals surface area contributed by atoms with Gasteiger partial charge in [0.1, 0.15) is 12.7 Å². The molecule has 1 aromatic carbocycles. The molecular weight excluding hydrogens is 202 g/mol. The fourth-order valence-electron chi connectivity index (χ4n) is 1.19. The van der Waals surface area contributed by atoms with Crippen LogP contribution in [0, 0.1) is 11.3 Å². The van der Waals surface area contributed by atoms with E-state index in [-0.39, 0.29) is 5.69 Å². The summed E-state index contributed by atoms with van der Waals surface area (Å²) in [5, 5.41) is 16.0. The first-order valence-electron chi connectivity index (χ1n) is 4.79. The molecule has 0 atom stereocenters. The van der Waals surface area contributed by atoms with E-state index < -0.39 is 0 Å². The molecule has 0 unspecified atom stereocenters. The molecule has 0 aliphatic rings. The first-order valence-corrected chi connectivity index (χ1v) is 4.79. The summed E-state index contributed by atoms with van der Waals surface area (Å²) < 4.78 is 5.41. The average Bonchev–Trinajstić information content (AvgIpc) is 2.38. The first-order chi connectivity index (χ1) is 7.88. The van der Waals surface area contributed by atoms with Crippen LogP contribution in [0.5, 0.6) is 5.88 Å². The minimum atomic E-state index is 0.284. The van der Waals surface area contributed by atoms with E-state index in [9.17, 15) is 0 Å². The lowest BCUT2D eigenvalue weighted by atomic mass is 10.2. The molecule has 0 aliphatic carbocycles. The lowest BCUT2D eigenvalue weighted by molar-refractivity contribution is 0.290. The van der Waals surface area contributed by atoms with Gasteiger partial charge >= 0.3 is 0 Å². The van der Waals surface area contributed by atoms with Crippen LogP contribution in [-0.2, 0) is 6.61 Å². The van der Waals surface area contributed by atoms with Gasteiger partial charge < -0.3 is 4.74 Å². The molecule has 0 bridgehead atoms. The summed E-state index contributed by atoms with van der Waals surface area (Å²) in [7, 11) is 0. The third-order valence-corrected chi connectivity index (χ3v) is 1.98. The number of ether oxygens (including phenoxy) is 1. The maximum absolute atomic E-state index is 8.54. The van der Waals surface area contributed by atoms with Gasteiger partial charge in [-0.2, -0.15) is 5.26 Å². The Morgan fingerprint density at radius 3 is 2.50 bits per heavy atom. The molecule has 2 aromatic rings. The van der Waals surface area contributed by atoms with Crippen LogP contribution in [0.25, 0.3) is 0 Å². The summed E-state index contributed by atoms with van der Waals surface area (Å²) in [6, 6.07) is 14.9. The van der Waals surface area contributed by atoms with Gasteiger partial charge in [-0.25, -0.2) is 0 Å². The molecule has 1 heterocycles. The summed E-state index contributed by atoms with van der Waals surface area (Å²) >= 11 is 0. The van der Waals surface area contributed by atoms with Gasteiger partial charge in [-0.05, 0) is 11.6 Å². The van der Waals surface area contributed by atoms with E-state index in [1.165, 1.54) is 0 Å². The van der Waals surface area contributed by atoms with Crippen molar-refractivity contribution in [2.45, 2.75) is 6.61 Å². The van der Waals surface area contributed by atoms with Crippen LogP contribution in [0.1, 0.15) is 11.3 Å². The van der Waals surface area contributed by atoms with Crippen LogP contribution in [0.2, 0.25) is 0 Å². The fourth-order valence-corrected chi connectivity index (χ4v) is 1.19. The Hall–Kier alpha value is -2.41. The molecule has 0 aliphatic heterocycles. The van der Waals surface area contributed by atoms with E-state index in [1.807, 2.05) is 36.4 Å². The Balaban J connectivity index is 1.98. The van der Waals surface area contributed by atoms with E-state index in [4.69, 9.17) is 10.00 Å². The standard InChI is InChI=1S/C12H9N3O/c13-8-11-6-7-12(15-14-11)16-9-10-4-2-1-3-5-10/h1-7H,9H2. The molecule has 0 saturated carbocycles. The normalized spacial score (nSPS) is 9.44. The van der Waals surface area contributed by atoms with Crippen molar-refractivity contribution in [1.82, 2.24) is 10.2 Å². The molecule has 1 aromatic heterocycles. The molecule has 0 saturated heterocycles.